The van der Waals surface area contributed by atoms with Gasteiger partial charge >= 0.3 is 0 Å². The Kier molecular flexibility index (Phi) is 4.03. The summed E-state index contributed by atoms with van der Waals surface area (Å²) in [6.45, 7) is 0. The minimum atomic E-state index is -0.230. The van der Waals surface area contributed by atoms with E-state index in [2.05, 4.69) is 26.0 Å². The molecule has 25 heavy (non-hydrogen) atoms. The quantitative estimate of drug-likeness (QED) is 0.487. The van der Waals surface area contributed by atoms with Crippen molar-refractivity contribution in [2.75, 3.05) is 0 Å². The number of aromatic nitrogens is 2. The van der Waals surface area contributed by atoms with Gasteiger partial charge in [0.2, 0.25) is 0 Å². The van der Waals surface area contributed by atoms with Crippen LogP contribution >= 0.6 is 15.9 Å². The topological polar surface area (TPSA) is 60.4 Å². The normalized spacial score (nSPS) is 11.4. The van der Waals surface area contributed by atoms with Crippen molar-refractivity contribution < 1.29 is 4.42 Å². The number of rotatable bonds is 3. The monoisotopic (exact) mass is 393 g/mol. The highest BCUT2D eigenvalue weighted by Gasteiger charge is 2.12. The van der Waals surface area contributed by atoms with E-state index < -0.39 is 0 Å². The Hall–Kier alpha value is -2.99. The van der Waals surface area contributed by atoms with Crippen molar-refractivity contribution in [3.05, 3.63) is 87.5 Å². The summed E-state index contributed by atoms with van der Waals surface area (Å²) in [6.07, 6.45) is 3.05. The van der Waals surface area contributed by atoms with E-state index in [1.807, 2.05) is 42.5 Å². The van der Waals surface area contributed by atoms with Gasteiger partial charge in [-0.2, -0.15) is 9.78 Å². The fourth-order valence-corrected chi connectivity index (χ4v) is 2.76. The Balaban J connectivity index is 1.97. The summed E-state index contributed by atoms with van der Waals surface area (Å²) in [4.78, 5) is 17.6. The van der Waals surface area contributed by atoms with Crippen molar-refractivity contribution in [2.45, 2.75) is 0 Å². The predicted octanol–water partition coefficient (Wildman–Crippen LogP) is 4.30. The van der Waals surface area contributed by atoms with Gasteiger partial charge in [-0.1, -0.05) is 40.2 Å². The van der Waals surface area contributed by atoms with Crippen LogP contribution in [0.3, 0.4) is 0 Å². The van der Waals surface area contributed by atoms with Gasteiger partial charge in [0.15, 0.2) is 5.82 Å². The van der Waals surface area contributed by atoms with Crippen molar-refractivity contribution >= 4 is 33.0 Å². The van der Waals surface area contributed by atoms with Gasteiger partial charge < -0.3 is 4.42 Å². The minimum Gasteiger partial charge on any atom is -0.463 e. The molecule has 0 saturated heterocycles. The van der Waals surface area contributed by atoms with E-state index in [1.165, 1.54) is 10.9 Å². The van der Waals surface area contributed by atoms with Crippen LogP contribution in [0.25, 0.3) is 22.3 Å². The lowest BCUT2D eigenvalue weighted by atomic mass is 10.2. The molecule has 0 aliphatic heterocycles. The zero-order chi connectivity index (χ0) is 17.2. The van der Waals surface area contributed by atoms with Crippen LogP contribution < -0.4 is 5.56 Å². The lowest BCUT2D eigenvalue weighted by Gasteiger charge is -2.09. The summed E-state index contributed by atoms with van der Waals surface area (Å²) in [5.74, 6) is 1.03. The van der Waals surface area contributed by atoms with Crippen LogP contribution in [0, 0.1) is 0 Å². The molecule has 2 heterocycles. The Bertz CT molecular complexity index is 1110. The number of para-hydroxylation sites is 1. The van der Waals surface area contributed by atoms with Gasteiger partial charge in [0.05, 0.1) is 23.4 Å². The molecule has 0 spiro atoms. The van der Waals surface area contributed by atoms with Gasteiger partial charge in [0.25, 0.3) is 5.56 Å². The molecule has 5 nitrogen and oxygen atoms in total. The third-order valence-electron chi connectivity index (χ3n) is 3.70. The van der Waals surface area contributed by atoms with Crippen molar-refractivity contribution in [1.29, 1.82) is 0 Å². The average molecular weight is 394 g/mol. The van der Waals surface area contributed by atoms with Crippen LogP contribution in [0.1, 0.15) is 5.76 Å². The standard InChI is InChI=1S/C19H12BrN3O2/c20-14-9-7-13(8-10-14)18-22-17-6-2-1-5-16(17)19(24)23(18)21-12-15-4-3-11-25-15/h1-12H/b21-12+. The molecule has 0 aliphatic carbocycles. The first-order chi connectivity index (χ1) is 12.2. The van der Waals surface area contributed by atoms with E-state index in [4.69, 9.17) is 4.42 Å². The second-order valence-electron chi connectivity index (χ2n) is 5.34. The molecule has 2 aromatic heterocycles. The first kappa shape index (κ1) is 15.5. The van der Waals surface area contributed by atoms with Crippen LogP contribution in [0.15, 0.2) is 85.7 Å². The molecule has 0 bridgehead atoms. The molecule has 0 radical (unpaired) electrons. The molecule has 4 rings (SSSR count). The molecule has 4 aromatic rings. The smallest absolute Gasteiger partial charge is 0.282 e. The molecule has 2 aromatic carbocycles. The second-order valence-corrected chi connectivity index (χ2v) is 6.25. The summed E-state index contributed by atoms with van der Waals surface area (Å²) < 4.78 is 7.50. The van der Waals surface area contributed by atoms with E-state index in [0.29, 0.717) is 22.5 Å². The molecular formula is C19H12BrN3O2. The molecule has 0 fully saturated rings. The van der Waals surface area contributed by atoms with Crippen LogP contribution in [0.2, 0.25) is 0 Å². The maximum absolute atomic E-state index is 12.9. The SMILES string of the molecule is O=c1c2ccccc2nc(-c2ccc(Br)cc2)n1/N=C/c1ccco1. The van der Waals surface area contributed by atoms with Crippen molar-refractivity contribution in [1.82, 2.24) is 9.66 Å². The van der Waals surface area contributed by atoms with Crippen LogP contribution in [0.5, 0.6) is 0 Å². The molecule has 122 valence electrons. The number of hydrogen-bond donors (Lipinski definition) is 0. The van der Waals surface area contributed by atoms with Gasteiger partial charge in [-0.05, 0) is 36.4 Å². The second kappa shape index (κ2) is 6.49. The van der Waals surface area contributed by atoms with E-state index in [0.717, 1.165) is 10.0 Å². The first-order valence-corrected chi connectivity index (χ1v) is 8.37. The number of hydrogen-bond acceptors (Lipinski definition) is 4. The Morgan fingerprint density at radius 1 is 1.04 bits per heavy atom. The fourth-order valence-electron chi connectivity index (χ4n) is 2.50. The van der Waals surface area contributed by atoms with Crippen molar-refractivity contribution in [3.63, 3.8) is 0 Å². The summed E-state index contributed by atoms with van der Waals surface area (Å²) >= 11 is 3.42. The number of furan rings is 1. The van der Waals surface area contributed by atoms with Crippen molar-refractivity contribution in [2.24, 2.45) is 5.10 Å². The first-order valence-electron chi connectivity index (χ1n) is 7.58. The number of benzene rings is 2. The van der Waals surface area contributed by atoms with Gasteiger partial charge in [-0.25, -0.2) is 4.98 Å². The Morgan fingerprint density at radius 2 is 1.84 bits per heavy atom. The molecule has 6 heteroatoms. The molecule has 0 aliphatic rings. The predicted molar refractivity (Wildman–Crippen MR) is 101 cm³/mol. The maximum atomic E-state index is 12.9. The van der Waals surface area contributed by atoms with E-state index in [9.17, 15) is 4.79 Å². The van der Waals surface area contributed by atoms with Gasteiger partial charge in [-0.15, -0.1) is 0 Å². The summed E-state index contributed by atoms with van der Waals surface area (Å²) in [5, 5.41) is 4.82. The summed E-state index contributed by atoms with van der Waals surface area (Å²) in [6, 6.07) is 18.3. The van der Waals surface area contributed by atoms with E-state index in [1.54, 1.807) is 24.5 Å². The number of fused-ring (bicyclic) bond motifs is 1. The maximum Gasteiger partial charge on any atom is 0.282 e. The molecule has 0 amide bonds. The summed E-state index contributed by atoms with van der Waals surface area (Å²) in [7, 11) is 0. The van der Waals surface area contributed by atoms with Crippen LogP contribution in [-0.4, -0.2) is 15.9 Å². The largest absolute Gasteiger partial charge is 0.463 e. The molecule has 0 unspecified atom stereocenters. The lowest BCUT2D eigenvalue weighted by Crippen LogP contribution is -2.20. The van der Waals surface area contributed by atoms with Crippen LogP contribution in [0.4, 0.5) is 0 Å². The fraction of sp³-hybridized carbons (Fsp3) is 0. The molecule has 0 saturated carbocycles. The highest BCUT2D eigenvalue weighted by atomic mass is 79.9. The van der Waals surface area contributed by atoms with Gasteiger partial charge in [0.1, 0.15) is 5.76 Å². The van der Waals surface area contributed by atoms with Crippen LogP contribution in [-0.2, 0) is 0 Å². The molecule has 0 N–H and O–H groups in total. The van der Waals surface area contributed by atoms with E-state index in [-0.39, 0.29) is 5.56 Å². The summed E-state index contributed by atoms with van der Waals surface area (Å²) in [5.41, 5.74) is 1.20. The average Bonchev–Trinajstić information content (AvgIpc) is 3.15. The van der Waals surface area contributed by atoms with Crippen molar-refractivity contribution in [3.8, 4) is 11.4 Å². The highest BCUT2D eigenvalue weighted by Crippen LogP contribution is 2.21. The lowest BCUT2D eigenvalue weighted by molar-refractivity contribution is 0.559. The third kappa shape index (κ3) is 3.04. The number of nitrogens with zero attached hydrogens (tertiary/aromatic N) is 3. The Labute approximate surface area is 151 Å². The van der Waals surface area contributed by atoms with Gasteiger partial charge in [0, 0.05) is 10.0 Å². The minimum absolute atomic E-state index is 0.230. The molecule has 0 atom stereocenters. The Morgan fingerprint density at radius 3 is 2.60 bits per heavy atom. The van der Waals surface area contributed by atoms with Gasteiger partial charge in [-0.3, -0.25) is 4.79 Å². The zero-order valence-corrected chi connectivity index (χ0v) is 14.6. The number of halogens is 1. The third-order valence-corrected chi connectivity index (χ3v) is 4.23. The zero-order valence-electron chi connectivity index (χ0n) is 13.0. The van der Waals surface area contributed by atoms with E-state index >= 15 is 0 Å². The molecular weight excluding hydrogens is 382 g/mol. The highest BCUT2D eigenvalue weighted by molar-refractivity contribution is 9.10.